The summed E-state index contributed by atoms with van der Waals surface area (Å²) in [6.07, 6.45) is 4.99. The standard InChI is InChI=1S/C10H15N3O3S/c1-3-4-5-16-13-8-7(9(14)15)6-11-10(12-8)17-2/h6H,3-5H2,1-2H3,(H,14,15)(H,11,12,13). The number of unbranched alkanes of at least 4 members (excludes halogenated alkanes) is 1. The van der Waals surface area contributed by atoms with Crippen molar-refractivity contribution in [2.75, 3.05) is 18.3 Å². The van der Waals surface area contributed by atoms with Gasteiger partial charge in [0, 0.05) is 6.20 Å². The van der Waals surface area contributed by atoms with Crippen LogP contribution < -0.4 is 5.48 Å². The Bertz CT molecular complexity index is 387. The molecule has 0 saturated carbocycles. The predicted molar refractivity (Wildman–Crippen MR) is 65.3 cm³/mol. The SMILES string of the molecule is CCCCONc1nc(SC)ncc1C(=O)O. The summed E-state index contributed by atoms with van der Waals surface area (Å²) < 4.78 is 0. The van der Waals surface area contributed by atoms with Gasteiger partial charge in [0.05, 0.1) is 6.61 Å². The summed E-state index contributed by atoms with van der Waals surface area (Å²) in [4.78, 5) is 24.0. The molecule has 0 spiro atoms. The fourth-order valence-corrected chi connectivity index (χ4v) is 1.37. The van der Waals surface area contributed by atoms with Crippen molar-refractivity contribution < 1.29 is 14.7 Å². The van der Waals surface area contributed by atoms with Gasteiger partial charge < -0.3 is 5.11 Å². The van der Waals surface area contributed by atoms with Gasteiger partial charge in [-0.25, -0.2) is 20.2 Å². The van der Waals surface area contributed by atoms with Crippen molar-refractivity contribution in [2.45, 2.75) is 24.9 Å². The van der Waals surface area contributed by atoms with Crippen LogP contribution in [0.3, 0.4) is 0 Å². The molecule has 94 valence electrons. The lowest BCUT2D eigenvalue weighted by Crippen LogP contribution is -2.11. The molecule has 1 rings (SSSR count). The summed E-state index contributed by atoms with van der Waals surface area (Å²) in [7, 11) is 0. The summed E-state index contributed by atoms with van der Waals surface area (Å²) in [5, 5.41) is 9.45. The van der Waals surface area contributed by atoms with Gasteiger partial charge >= 0.3 is 5.97 Å². The first-order chi connectivity index (χ1) is 8.19. The highest BCUT2D eigenvalue weighted by molar-refractivity contribution is 7.98. The number of hydrogen-bond donors (Lipinski definition) is 2. The molecule has 0 fully saturated rings. The van der Waals surface area contributed by atoms with Crippen LogP contribution in [-0.2, 0) is 4.84 Å². The molecule has 0 aliphatic heterocycles. The third-order valence-corrected chi connectivity index (χ3v) is 2.51. The van der Waals surface area contributed by atoms with Gasteiger partial charge in [-0.05, 0) is 12.7 Å². The molecule has 0 aliphatic carbocycles. The van der Waals surface area contributed by atoms with Crippen LogP contribution in [0.5, 0.6) is 0 Å². The Morgan fingerprint density at radius 2 is 2.41 bits per heavy atom. The number of nitrogens with one attached hydrogen (secondary N) is 1. The molecular formula is C10H15N3O3S. The van der Waals surface area contributed by atoms with Gasteiger partial charge in [0.2, 0.25) is 0 Å². The van der Waals surface area contributed by atoms with Crippen molar-refractivity contribution in [2.24, 2.45) is 0 Å². The fourth-order valence-electron chi connectivity index (χ4n) is 1.03. The highest BCUT2D eigenvalue weighted by Crippen LogP contribution is 2.16. The van der Waals surface area contributed by atoms with Crippen LogP contribution in [0, 0.1) is 0 Å². The minimum Gasteiger partial charge on any atom is -0.477 e. The molecule has 0 unspecified atom stereocenters. The highest BCUT2D eigenvalue weighted by Gasteiger charge is 2.13. The average molecular weight is 257 g/mol. The second-order valence-electron chi connectivity index (χ2n) is 3.23. The van der Waals surface area contributed by atoms with Crippen molar-refractivity contribution in [3.05, 3.63) is 11.8 Å². The van der Waals surface area contributed by atoms with E-state index in [9.17, 15) is 4.79 Å². The smallest absolute Gasteiger partial charge is 0.341 e. The third-order valence-electron chi connectivity index (χ3n) is 1.95. The number of carboxylic acid groups (broad SMARTS) is 1. The molecule has 17 heavy (non-hydrogen) atoms. The van der Waals surface area contributed by atoms with E-state index in [2.05, 4.69) is 15.4 Å². The van der Waals surface area contributed by atoms with E-state index in [-0.39, 0.29) is 11.4 Å². The molecule has 0 atom stereocenters. The summed E-state index contributed by atoms with van der Waals surface area (Å²) >= 11 is 1.34. The Hall–Kier alpha value is -1.34. The van der Waals surface area contributed by atoms with E-state index >= 15 is 0 Å². The molecule has 7 heteroatoms. The first-order valence-electron chi connectivity index (χ1n) is 5.21. The van der Waals surface area contributed by atoms with Crippen LogP contribution >= 0.6 is 11.8 Å². The van der Waals surface area contributed by atoms with Crippen molar-refractivity contribution in [1.82, 2.24) is 9.97 Å². The van der Waals surface area contributed by atoms with Crippen molar-refractivity contribution in [1.29, 1.82) is 0 Å². The molecule has 2 N–H and O–H groups in total. The van der Waals surface area contributed by atoms with Crippen molar-refractivity contribution in [3.63, 3.8) is 0 Å². The average Bonchev–Trinajstić information content (AvgIpc) is 2.34. The third kappa shape index (κ3) is 4.20. The molecule has 0 bridgehead atoms. The maximum atomic E-state index is 10.9. The van der Waals surface area contributed by atoms with Crippen LogP contribution in [-0.4, -0.2) is 33.9 Å². The number of aromatic carboxylic acids is 1. The molecular weight excluding hydrogens is 242 g/mol. The van der Waals surface area contributed by atoms with Gasteiger partial charge in [-0.2, -0.15) is 0 Å². The van der Waals surface area contributed by atoms with Gasteiger partial charge in [-0.1, -0.05) is 25.1 Å². The monoisotopic (exact) mass is 257 g/mol. The van der Waals surface area contributed by atoms with E-state index in [1.807, 2.05) is 13.2 Å². The minimum absolute atomic E-state index is 0.000650. The van der Waals surface area contributed by atoms with E-state index in [4.69, 9.17) is 9.94 Å². The van der Waals surface area contributed by atoms with Crippen LogP contribution in [0.25, 0.3) is 0 Å². The Morgan fingerprint density at radius 1 is 1.65 bits per heavy atom. The quantitative estimate of drug-likeness (QED) is 0.334. The van der Waals surface area contributed by atoms with E-state index in [0.717, 1.165) is 12.8 Å². The molecule has 0 amide bonds. The Labute approximate surface area is 104 Å². The number of carbonyl (C=O) groups is 1. The summed E-state index contributed by atoms with van der Waals surface area (Å²) in [5.74, 6) is -0.896. The van der Waals surface area contributed by atoms with Gasteiger partial charge in [0.25, 0.3) is 0 Å². The van der Waals surface area contributed by atoms with Crippen molar-refractivity contribution in [3.8, 4) is 0 Å². The number of thioether (sulfide) groups is 1. The molecule has 1 aromatic heterocycles. The van der Waals surface area contributed by atoms with E-state index in [1.54, 1.807) is 0 Å². The summed E-state index contributed by atoms with van der Waals surface area (Å²) in [5.41, 5.74) is 2.56. The Morgan fingerprint density at radius 3 is 3.00 bits per heavy atom. The fraction of sp³-hybridized carbons (Fsp3) is 0.500. The lowest BCUT2D eigenvalue weighted by molar-refractivity contribution is 0.0695. The summed E-state index contributed by atoms with van der Waals surface area (Å²) in [6, 6.07) is 0. The van der Waals surface area contributed by atoms with Gasteiger partial charge in [0.1, 0.15) is 5.56 Å². The van der Waals surface area contributed by atoms with Crippen LogP contribution in [0.2, 0.25) is 0 Å². The molecule has 0 saturated heterocycles. The van der Waals surface area contributed by atoms with Gasteiger partial charge in [-0.15, -0.1) is 0 Å². The molecule has 1 aromatic rings. The molecule has 6 nitrogen and oxygen atoms in total. The number of nitrogens with zero attached hydrogens (tertiary/aromatic N) is 2. The second-order valence-corrected chi connectivity index (χ2v) is 4.00. The second kappa shape index (κ2) is 7.08. The van der Waals surface area contributed by atoms with Crippen LogP contribution in [0.4, 0.5) is 5.82 Å². The van der Waals surface area contributed by atoms with Crippen LogP contribution in [0.15, 0.2) is 11.4 Å². The topological polar surface area (TPSA) is 84.3 Å². The lowest BCUT2D eigenvalue weighted by atomic mass is 10.3. The molecule has 0 aliphatic rings. The Balaban J connectivity index is 2.75. The predicted octanol–water partition coefficient (Wildman–Crippen LogP) is 2.04. The number of hydrogen-bond acceptors (Lipinski definition) is 6. The van der Waals surface area contributed by atoms with Gasteiger partial charge in [-0.3, -0.25) is 4.84 Å². The molecule has 0 radical (unpaired) electrons. The molecule has 1 heterocycles. The van der Waals surface area contributed by atoms with E-state index in [0.29, 0.717) is 11.8 Å². The first kappa shape index (κ1) is 13.7. The number of rotatable bonds is 7. The maximum Gasteiger partial charge on any atom is 0.341 e. The Kier molecular flexibility index (Phi) is 5.71. The molecule has 0 aromatic carbocycles. The van der Waals surface area contributed by atoms with Crippen LogP contribution in [0.1, 0.15) is 30.1 Å². The zero-order valence-electron chi connectivity index (χ0n) is 9.77. The highest BCUT2D eigenvalue weighted by atomic mass is 32.2. The number of carboxylic acids is 1. The first-order valence-corrected chi connectivity index (χ1v) is 6.43. The van der Waals surface area contributed by atoms with E-state index in [1.165, 1.54) is 18.0 Å². The summed E-state index contributed by atoms with van der Waals surface area (Å²) in [6.45, 7) is 2.55. The number of anilines is 1. The largest absolute Gasteiger partial charge is 0.477 e. The zero-order chi connectivity index (χ0) is 12.7. The maximum absolute atomic E-state index is 10.9. The van der Waals surface area contributed by atoms with E-state index < -0.39 is 5.97 Å². The normalized spacial score (nSPS) is 10.2. The van der Waals surface area contributed by atoms with Crippen molar-refractivity contribution >= 4 is 23.5 Å². The number of aromatic nitrogens is 2. The zero-order valence-corrected chi connectivity index (χ0v) is 10.6. The minimum atomic E-state index is -1.08. The van der Waals surface area contributed by atoms with Gasteiger partial charge in [0.15, 0.2) is 11.0 Å². The lowest BCUT2D eigenvalue weighted by Gasteiger charge is -2.08.